The van der Waals surface area contributed by atoms with Gasteiger partial charge in [-0.05, 0) is 44.9 Å². The number of hydroxylamine groups is 1. The van der Waals surface area contributed by atoms with E-state index in [0.29, 0.717) is 12.3 Å². The fourth-order valence-electron chi connectivity index (χ4n) is 4.05. The van der Waals surface area contributed by atoms with Crippen LogP contribution in [0.3, 0.4) is 0 Å². The number of carbonyl (C=O) groups is 1. The lowest BCUT2D eigenvalue weighted by Gasteiger charge is -2.38. The van der Waals surface area contributed by atoms with Crippen molar-refractivity contribution in [3.63, 3.8) is 0 Å². The minimum Gasteiger partial charge on any atom is -0.386 e. The summed E-state index contributed by atoms with van der Waals surface area (Å²) in [5.74, 6) is 0.555. The molecule has 0 fully saturated rings. The average Bonchev–Trinajstić information content (AvgIpc) is 2.78. The van der Waals surface area contributed by atoms with Crippen molar-refractivity contribution in [1.82, 2.24) is 5.48 Å². The number of ether oxygens (including phenoxy) is 1. The van der Waals surface area contributed by atoms with E-state index in [9.17, 15) is 15.0 Å². The molecule has 0 aromatic rings. The molecule has 0 heterocycles. The largest absolute Gasteiger partial charge is 0.386 e. The molecule has 6 nitrogen and oxygen atoms in total. The van der Waals surface area contributed by atoms with E-state index in [-0.39, 0.29) is 23.9 Å². The molecule has 0 saturated heterocycles. The van der Waals surface area contributed by atoms with Crippen LogP contribution in [-0.4, -0.2) is 47.1 Å². The highest BCUT2D eigenvalue weighted by Crippen LogP contribution is 2.32. The van der Waals surface area contributed by atoms with Crippen molar-refractivity contribution in [3.05, 3.63) is 0 Å². The van der Waals surface area contributed by atoms with Crippen LogP contribution < -0.4 is 5.48 Å². The van der Waals surface area contributed by atoms with Gasteiger partial charge in [-0.1, -0.05) is 81.6 Å². The summed E-state index contributed by atoms with van der Waals surface area (Å²) >= 11 is 0. The standard InChI is InChI=1S/C22H45NO5.C3H8.C2H6/c1-10-19(11-2)22(8,26)20(25)23-28-17(5)13-21(7,27-9)12-15(3)18(6)16(4)14-24;1-3-2;1-2/h14-20,23,25-26H,10-13H2,1-9H3;3H2,1-2H3;1-2H3/t15-,16?,17-,18+,20?,21+,22-;;/m1../s1. The first-order chi connectivity index (χ1) is 15.3. The Kier molecular flexibility index (Phi) is 22.2. The first-order valence-electron chi connectivity index (χ1n) is 13.1. The highest BCUT2D eigenvalue weighted by atomic mass is 16.7. The van der Waals surface area contributed by atoms with Gasteiger partial charge in [0.15, 0.2) is 6.23 Å². The minimum atomic E-state index is -1.28. The molecule has 0 spiro atoms. The van der Waals surface area contributed by atoms with Crippen LogP contribution in [0.4, 0.5) is 0 Å². The molecule has 7 atom stereocenters. The molecule has 0 rings (SSSR count). The first kappa shape index (κ1) is 37.0. The van der Waals surface area contributed by atoms with Crippen LogP contribution in [0.2, 0.25) is 0 Å². The van der Waals surface area contributed by atoms with Crippen LogP contribution in [0, 0.1) is 23.7 Å². The molecule has 0 aliphatic heterocycles. The number of aliphatic hydroxyl groups is 2. The van der Waals surface area contributed by atoms with Gasteiger partial charge in [0.05, 0.1) is 11.7 Å². The smallest absolute Gasteiger partial charge is 0.155 e. The maximum absolute atomic E-state index is 11.1. The van der Waals surface area contributed by atoms with Crippen molar-refractivity contribution in [2.24, 2.45) is 23.7 Å². The zero-order chi connectivity index (χ0) is 26.8. The summed E-state index contributed by atoms with van der Waals surface area (Å²) in [5, 5.41) is 21.0. The van der Waals surface area contributed by atoms with E-state index in [1.165, 1.54) is 6.42 Å². The summed E-state index contributed by atoms with van der Waals surface area (Å²) in [4.78, 5) is 16.7. The Morgan fingerprint density at radius 3 is 1.79 bits per heavy atom. The molecule has 202 valence electrons. The minimum absolute atomic E-state index is 0.00824. The molecule has 0 amide bonds. The zero-order valence-electron chi connectivity index (χ0n) is 24.2. The van der Waals surface area contributed by atoms with E-state index in [2.05, 4.69) is 33.2 Å². The van der Waals surface area contributed by atoms with Crippen molar-refractivity contribution in [1.29, 1.82) is 0 Å². The van der Waals surface area contributed by atoms with Crippen molar-refractivity contribution in [2.75, 3.05) is 7.11 Å². The molecule has 0 aliphatic carbocycles. The van der Waals surface area contributed by atoms with E-state index in [4.69, 9.17) is 9.57 Å². The molecule has 0 saturated carbocycles. The van der Waals surface area contributed by atoms with Crippen molar-refractivity contribution < 1.29 is 24.6 Å². The highest BCUT2D eigenvalue weighted by molar-refractivity contribution is 5.53. The third-order valence-electron chi connectivity index (χ3n) is 6.65. The van der Waals surface area contributed by atoms with Crippen LogP contribution in [0.5, 0.6) is 0 Å². The quantitative estimate of drug-likeness (QED) is 0.149. The summed E-state index contributed by atoms with van der Waals surface area (Å²) in [6.45, 7) is 24.0. The maximum Gasteiger partial charge on any atom is 0.155 e. The van der Waals surface area contributed by atoms with E-state index < -0.39 is 17.4 Å². The lowest BCUT2D eigenvalue weighted by atomic mass is 9.78. The Morgan fingerprint density at radius 2 is 1.42 bits per heavy atom. The third-order valence-corrected chi connectivity index (χ3v) is 6.65. The van der Waals surface area contributed by atoms with Crippen molar-refractivity contribution >= 4 is 6.29 Å². The Balaban J connectivity index is -0.00000165. The third kappa shape index (κ3) is 14.5. The van der Waals surface area contributed by atoms with Gasteiger partial charge in [-0.25, -0.2) is 0 Å². The molecule has 0 aromatic carbocycles. The fraction of sp³-hybridized carbons (Fsp3) is 0.963. The van der Waals surface area contributed by atoms with Gasteiger partial charge in [-0.15, -0.1) is 0 Å². The van der Waals surface area contributed by atoms with Gasteiger partial charge in [0.2, 0.25) is 0 Å². The number of aldehydes is 1. The Hall–Kier alpha value is -0.530. The normalized spacial score (nSPS) is 19.4. The second kappa shape index (κ2) is 19.7. The van der Waals surface area contributed by atoms with E-state index in [1.807, 2.05) is 48.5 Å². The van der Waals surface area contributed by atoms with Gasteiger partial charge in [-0.3, -0.25) is 4.84 Å². The SMILES string of the molecule is CC.CCC.CCC(CC)[C@@](C)(O)C(O)NO[C@H](C)C[C@](C)(C[C@@H](C)[C@H](C)C(C)C=O)OC. The Morgan fingerprint density at radius 1 is 0.970 bits per heavy atom. The highest BCUT2D eigenvalue weighted by Gasteiger charge is 2.38. The van der Waals surface area contributed by atoms with Gasteiger partial charge in [-0.2, -0.15) is 5.48 Å². The van der Waals surface area contributed by atoms with Gasteiger partial charge in [0.25, 0.3) is 0 Å². The number of nitrogens with one attached hydrogen (secondary N) is 1. The molecule has 6 heteroatoms. The van der Waals surface area contributed by atoms with Crippen molar-refractivity contribution in [2.45, 2.75) is 139 Å². The summed E-state index contributed by atoms with van der Waals surface area (Å²) < 4.78 is 5.78. The number of rotatable bonds is 15. The lowest BCUT2D eigenvalue weighted by Crippen LogP contribution is -2.54. The van der Waals surface area contributed by atoms with Crippen LogP contribution in [0.1, 0.15) is 115 Å². The molecule has 3 N–H and O–H groups in total. The molecule has 0 bridgehead atoms. The summed E-state index contributed by atoms with van der Waals surface area (Å²) in [6, 6.07) is 0. The van der Waals surface area contributed by atoms with Gasteiger partial charge in [0.1, 0.15) is 11.9 Å². The maximum atomic E-state index is 11.1. The molecular weight excluding hydrogens is 418 g/mol. The fourth-order valence-corrected chi connectivity index (χ4v) is 4.05. The number of aliphatic hydroxyl groups excluding tert-OH is 1. The van der Waals surface area contributed by atoms with Crippen LogP contribution in [0.25, 0.3) is 0 Å². The topological polar surface area (TPSA) is 88.0 Å². The zero-order valence-corrected chi connectivity index (χ0v) is 24.2. The van der Waals surface area contributed by atoms with E-state index >= 15 is 0 Å². The molecule has 33 heavy (non-hydrogen) atoms. The Bertz CT molecular complexity index is 456. The van der Waals surface area contributed by atoms with E-state index in [0.717, 1.165) is 25.5 Å². The lowest BCUT2D eigenvalue weighted by molar-refractivity contribution is -0.191. The van der Waals surface area contributed by atoms with Crippen molar-refractivity contribution in [3.8, 4) is 0 Å². The molecule has 0 aromatic heterocycles. The van der Waals surface area contributed by atoms with Crippen LogP contribution >= 0.6 is 0 Å². The molecule has 0 radical (unpaired) electrons. The second-order valence-corrected chi connectivity index (χ2v) is 9.79. The summed E-state index contributed by atoms with van der Waals surface area (Å²) in [7, 11) is 1.69. The predicted molar refractivity (Wildman–Crippen MR) is 140 cm³/mol. The first-order valence-corrected chi connectivity index (χ1v) is 13.1. The van der Waals surface area contributed by atoms with Gasteiger partial charge in [0, 0.05) is 19.4 Å². The average molecular weight is 478 g/mol. The second-order valence-electron chi connectivity index (χ2n) is 9.79. The number of methoxy groups -OCH3 is 1. The Labute approximate surface area is 206 Å². The number of hydrogen-bond donors (Lipinski definition) is 3. The summed E-state index contributed by atoms with van der Waals surface area (Å²) in [6.07, 6.45) is 3.80. The monoisotopic (exact) mass is 477 g/mol. The molecular formula is C27H59NO5. The van der Waals surface area contributed by atoms with Crippen LogP contribution in [0.15, 0.2) is 0 Å². The van der Waals surface area contributed by atoms with Gasteiger partial charge >= 0.3 is 0 Å². The summed E-state index contributed by atoms with van der Waals surface area (Å²) in [5.41, 5.74) is 0.934. The van der Waals surface area contributed by atoms with Gasteiger partial charge < -0.3 is 19.7 Å². The number of hydrogen-bond acceptors (Lipinski definition) is 6. The predicted octanol–water partition coefficient (Wildman–Crippen LogP) is 6.14. The van der Waals surface area contributed by atoms with E-state index in [1.54, 1.807) is 14.0 Å². The van der Waals surface area contributed by atoms with Crippen LogP contribution in [-0.2, 0) is 14.4 Å². The molecule has 2 unspecified atom stereocenters. The number of carbonyl (C=O) groups excluding carboxylic acids is 1. The molecule has 0 aliphatic rings.